The molecule has 1 heterocycles. The van der Waals surface area contributed by atoms with E-state index in [1.54, 1.807) is 0 Å². The second-order valence-corrected chi connectivity index (χ2v) is 4.81. The molecule has 1 aromatic rings. The number of nitrogens with one attached hydrogen (secondary N) is 1. The average Bonchev–Trinajstić information content (AvgIpc) is 2.34. The molecule has 1 unspecified atom stereocenters. The second-order valence-electron chi connectivity index (χ2n) is 3.95. The predicted octanol–water partition coefficient (Wildman–Crippen LogP) is 2.48. The van der Waals surface area contributed by atoms with Crippen LogP contribution in [0.5, 0.6) is 0 Å². The number of hydrogen-bond donors (Lipinski definition) is 1. The Morgan fingerprint density at radius 1 is 1.44 bits per heavy atom. The lowest BCUT2D eigenvalue weighted by atomic mass is 10.1. The number of amides is 2. The largest absolute Gasteiger partial charge is 0.325 e. The second kappa shape index (κ2) is 5.27. The van der Waals surface area contributed by atoms with Gasteiger partial charge in [-0.1, -0.05) is 22.0 Å². The zero-order valence-corrected chi connectivity index (χ0v) is 11.3. The fraction of sp³-hybridized carbons (Fsp3) is 0.154. The van der Waals surface area contributed by atoms with E-state index >= 15 is 0 Å². The summed E-state index contributed by atoms with van der Waals surface area (Å²) in [5.41, 5.74) is 1.76. The molecule has 2 rings (SSSR count). The predicted molar refractivity (Wildman–Crippen MR) is 73.6 cm³/mol. The molecule has 0 saturated heterocycles. The monoisotopic (exact) mass is 306 g/mol. The minimum Gasteiger partial charge on any atom is -0.325 e. The van der Waals surface area contributed by atoms with Gasteiger partial charge in [0, 0.05) is 22.5 Å². The van der Waals surface area contributed by atoms with Crippen LogP contribution in [0.15, 0.2) is 39.8 Å². The Morgan fingerprint density at radius 3 is 2.83 bits per heavy atom. The van der Waals surface area contributed by atoms with Crippen LogP contribution in [0.25, 0.3) is 0 Å². The van der Waals surface area contributed by atoms with Crippen LogP contribution < -0.4 is 5.32 Å². The summed E-state index contributed by atoms with van der Waals surface area (Å²) in [7, 11) is 0. The van der Waals surface area contributed by atoms with Gasteiger partial charge in [-0.15, -0.1) is 0 Å². The molecule has 1 N–H and O–H groups in total. The van der Waals surface area contributed by atoms with Gasteiger partial charge in [-0.25, -0.2) is 4.99 Å². The maximum Gasteiger partial charge on any atom is 0.269 e. The summed E-state index contributed by atoms with van der Waals surface area (Å²) < 4.78 is 0.991. The molecule has 1 aliphatic rings. The molecule has 5 heteroatoms. The van der Waals surface area contributed by atoms with Crippen molar-refractivity contribution in [3.05, 3.63) is 40.4 Å². The number of anilines is 1. The van der Waals surface area contributed by atoms with Gasteiger partial charge in [-0.3, -0.25) is 9.59 Å². The highest BCUT2D eigenvalue weighted by Crippen LogP contribution is 2.20. The lowest BCUT2D eigenvalue weighted by Gasteiger charge is -2.11. The average molecular weight is 307 g/mol. The number of dihydropyridines is 1. The van der Waals surface area contributed by atoms with Crippen LogP contribution in [0.3, 0.4) is 0 Å². The number of carbonyl (C=O) groups is 2. The van der Waals surface area contributed by atoms with E-state index in [4.69, 9.17) is 0 Å². The van der Waals surface area contributed by atoms with Crippen LogP contribution in [0, 0.1) is 12.8 Å². The van der Waals surface area contributed by atoms with Crippen molar-refractivity contribution in [2.45, 2.75) is 6.92 Å². The maximum atomic E-state index is 11.9. The molecule has 4 nitrogen and oxygen atoms in total. The summed E-state index contributed by atoms with van der Waals surface area (Å²) in [6, 6.07) is 5.56. The highest BCUT2D eigenvalue weighted by molar-refractivity contribution is 9.10. The SMILES string of the molecule is Cc1cc(NC(=O)C2C=CC(=O)N=C2)ccc1Br. The van der Waals surface area contributed by atoms with Crippen LogP contribution in [0.2, 0.25) is 0 Å². The van der Waals surface area contributed by atoms with E-state index in [2.05, 4.69) is 26.2 Å². The first kappa shape index (κ1) is 12.7. The standard InChI is InChI=1S/C13H11BrN2O2/c1-8-6-10(3-4-11(8)14)16-13(18)9-2-5-12(17)15-7-9/h2-7,9H,1H3,(H,16,18). The van der Waals surface area contributed by atoms with Crippen LogP contribution in [0.1, 0.15) is 5.56 Å². The topological polar surface area (TPSA) is 58.5 Å². The Bertz CT molecular complexity index is 548. The third kappa shape index (κ3) is 2.92. The smallest absolute Gasteiger partial charge is 0.269 e. The number of rotatable bonds is 2. The van der Waals surface area contributed by atoms with Crippen molar-refractivity contribution in [3.8, 4) is 0 Å². The van der Waals surface area contributed by atoms with Crippen molar-refractivity contribution in [2.24, 2.45) is 10.9 Å². The minimum atomic E-state index is -0.494. The van der Waals surface area contributed by atoms with Crippen molar-refractivity contribution in [2.75, 3.05) is 5.32 Å². The molecule has 0 radical (unpaired) electrons. The molecular weight excluding hydrogens is 296 g/mol. The van der Waals surface area contributed by atoms with E-state index in [1.807, 2.05) is 25.1 Å². The van der Waals surface area contributed by atoms with E-state index < -0.39 is 5.92 Å². The number of nitrogens with zero attached hydrogens (tertiary/aromatic N) is 1. The van der Waals surface area contributed by atoms with Crippen molar-refractivity contribution in [1.82, 2.24) is 0 Å². The van der Waals surface area contributed by atoms with Crippen molar-refractivity contribution < 1.29 is 9.59 Å². The molecular formula is C13H11BrN2O2. The van der Waals surface area contributed by atoms with E-state index in [0.717, 1.165) is 15.7 Å². The van der Waals surface area contributed by atoms with E-state index in [9.17, 15) is 9.59 Å². The van der Waals surface area contributed by atoms with Crippen molar-refractivity contribution in [3.63, 3.8) is 0 Å². The first-order chi connectivity index (χ1) is 8.56. The summed E-state index contributed by atoms with van der Waals surface area (Å²) in [4.78, 5) is 26.3. The third-order valence-electron chi connectivity index (χ3n) is 2.54. The molecule has 1 aromatic carbocycles. The Balaban J connectivity index is 2.07. The van der Waals surface area contributed by atoms with Crippen LogP contribution in [0.4, 0.5) is 5.69 Å². The molecule has 0 aromatic heterocycles. The Labute approximate surface area is 113 Å². The molecule has 1 atom stereocenters. The number of halogens is 1. The number of carbonyl (C=O) groups excluding carboxylic acids is 2. The van der Waals surface area contributed by atoms with Gasteiger partial charge < -0.3 is 5.32 Å². The third-order valence-corrected chi connectivity index (χ3v) is 3.43. The molecule has 2 amide bonds. The summed E-state index contributed by atoms with van der Waals surface area (Å²) >= 11 is 3.40. The van der Waals surface area contributed by atoms with Gasteiger partial charge in [-0.2, -0.15) is 0 Å². The van der Waals surface area contributed by atoms with Gasteiger partial charge in [0.05, 0.1) is 5.92 Å². The Kier molecular flexibility index (Phi) is 3.72. The van der Waals surface area contributed by atoms with Gasteiger partial charge in [0.2, 0.25) is 5.91 Å². The molecule has 1 aliphatic heterocycles. The molecule has 92 valence electrons. The first-order valence-corrected chi connectivity index (χ1v) is 6.19. The summed E-state index contributed by atoms with van der Waals surface area (Å²) in [5.74, 6) is -1.03. The normalized spacial score (nSPS) is 17.9. The zero-order chi connectivity index (χ0) is 13.1. The van der Waals surface area contributed by atoms with Crippen LogP contribution >= 0.6 is 15.9 Å². The molecule has 0 fully saturated rings. The Hall–Kier alpha value is -1.75. The molecule has 18 heavy (non-hydrogen) atoms. The number of aliphatic imine (C=N–C) groups is 1. The van der Waals surface area contributed by atoms with Gasteiger partial charge in [0.1, 0.15) is 0 Å². The number of benzene rings is 1. The number of aryl methyl sites for hydroxylation is 1. The van der Waals surface area contributed by atoms with E-state index in [1.165, 1.54) is 18.4 Å². The maximum absolute atomic E-state index is 11.9. The fourth-order valence-corrected chi connectivity index (χ4v) is 1.78. The number of hydrogen-bond acceptors (Lipinski definition) is 2. The van der Waals surface area contributed by atoms with Crippen molar-refractivity contribution in [1.29, 1.82) is 0 Å². The summed E-state index contributed by atoms with van der Waals surface area (Å²) in [6.45, 7) is 1.94. The fourth-order valence-electron chi connectivity index (χ4n) is 1.54. The summed E-state index contributed by atoms with van der Waals surface area (Å²) in [6.07, 6.45) is 4.19. The van der Waals surface area contributed by atoms with E-state index in [-0.39, 0.29) is 11.8 Å². The highest BCUT2D eigenvalue weighted by Gasteiger charge is 2.16. The minimum absolute atomic E-state index is 0.204. The first-order valence-electron chi connectivity index (χ1n) is 5.39. The molecule has 0 spiro atoms. The lowest BCUT2D eigenvalue weighted by Crippen LogP contribution is -2.24. The molecule has 0 saturated carbocycles. The van der Waals surface area contributed by atoms with Gasteiger partial charge >= 0.3 is 0 Å². The van der Waals surface area contributed by atoms with Crippen LogP contribution in [-0.4, -0.2) is 18.0 Å². The van der Waals surface area contributed by atoms with Gasteiger partial charge in [0.15, 0.2) is 0 Å². The van der Waals surface area contributed by atoms with Gasteiger partial charge in [0.25, 0.3) is 5.91 Å². The van der Waals surface area contributed by atoms with Crippen molar-refractivity contribution >= 4 is 39.6 Å². The van der Waals surface area contributed by atoms with E-state index in [0.29, 0.717) is 0 Å². The zero-order valence-electron chi connectivity index (χ0n) is 9.68. The summed E-state index contributed by atoms with van der Waals surface area (Å²) in [5, 5.41) is 2.78. The van der Waals surface area contributed by atoms with Gasteiger partial charge in [-0.05, 0) is 30.7 Å². The molecule has 0 aliphatic carbocycles. The highest BCUT2D eigenvalue weighted by atomic mass is 79.9. The lowest BCUT2D eigenvalue weighted by molar-refractivity contribution is -0.117. The van der Waals surface area contributed by atoms with Crippen LogP contribution in [-0.2, 0) is 9.59 Å². The quantitative estimate of drug-likeness (QED) is 0.912. The molecule has 0 bridgehead atoms. The Morgan fingerprint density at radius 2 is 2.22 bits per heavy atom.